The highest BCUT2D eigenvalue weighted by molar-refractivity contribution is 7.93. The number of aliphatic imine (C=N–C) groups is 1. The van der Waals surface area contributed by atoms with Gasteiger partial charge in [-0.3, -0.25) is 4.99 Å². The SMILES string of the molecule is CCCCOc1ccc2c(c1)C(CS(=O)(=O)C1(CCCOCC(=O)O)C=CC=N1)OC(C)(C)C2. The minimum absolute atomic E-state index is 0.140. The van der Waals surface area contributed by atoms with Crippen LogP contribution in [0.5, 0.6) is 5.75 Å². The zero-order valence-corrected chi connectivity index (χ0v) is 21.0. The molecule has 34 heavy (non-hydrogen) atoms. The van der Waals surface area contributed by atoms with Gasteiger partial charge in [0.2, 0.25) is 0 Å². The Balaban J connectivity index is 1.80. The highest BCUT2D eigenvalue weighted by Gasteiger charge is 2.45. The summed E-state index contributed by atoms with van der Waals surface area (Å²) in [4.78, 5) is 13.6. The summed E-state index contributed by atoms with van der Waals surface area (Å²) in [6.07, 6.45) is 7.29. The van der Waals surface area contributed by atoms with Gasteiger partial charge in [0, 0.05) is 19.2 Å². The number of carboxylic acids is 1. The average molecular weight is 494 g/mol. The molecule has 188 valence electrons. The minimum atomic E-state index is -3.77. The minimum Gasteiger partial charge on any atom is -0.494 e. The molecule has 2 aliphatic heterocycles. The highest BCUT2D eigenvalue weighted by Crippen LogP contribution is 2.41. The first-order chi connectivity index (χ1) is 16.1. The smallest absolute Gasteiger partial charge is 0.329 e. The van der Waals surface area contributed by atoms with Crippen molar-refractivity contribution in [1.82, 2.24) is 0 Å². The molecule has 8 nitrogen and oxygen atoms in total. The molecule has 0 fully saturated rings. The van der Waals surface area contributed by atoms with Crippen LogP contribution >= 0.6 is 0 Å². The zero-order chi connectivity index (χ0) is 24.8. The molecule has 0 spiro atoms. The van der Waals surface area contributed by atoms with Gasteiger partial charge in [-0.05, 0) is 68.5 Å². The second-order valence-electron chi connectivity index (χ2n) is 9.42. The number of ether oxygens (including phenoxy) is 3. The maximum atomic E-state index is 13.7. The van der Waals surface area contributed by atoms with Crippen LogP contribution in [0.1, 0.15) is 63.7 Å². The lowest BCUT2D eigenvalue weighted by Gasteiger charge is -2.39. The summed E-state index contributed by atoms with van der Waals surface area (Å²) in [5.74, 6) is -0.573. The number of carbonyl (C=O) groups is 1. The van der Waals surface area contributed by atoms with Gasteiger partial charge in [0.1, 0.15) is 12.4 Å². The topological polar surface area (TPSA) is 111 Å². The van der Waals surface area contributed by atoms with Crippen LogP contribution in [0.25, 0.3) is 0 Å². The van der Waals surface area contributed by atoms with Gasteiger partial charge in [0.05, 0.1) is 24.1 Å². The Morgan fingerprint density at radius 3 is 2.74 bits per heavy atom. The largest absolute Gasteiger partial charge is 0.494 e. The van der Waals surface area contributed by atoms with Crippen LogP contribution in [0, 0.1) is 0 Å². The predicted octanol–water partition coefficient (Wildman–Crippen LogP) is 3.89. The first kappa shape index (κ1) is 26.4. The molecule has 1 aromatic carbocycles. The van der Waals surface area contributed by atoms with E-state index in [1.807, 2.05) is 32.0 Å². The molecule has 0 radical (unpaired) electrons. The number of hydrogen-bond acceptors (Lipinski definition) is 7. The van der Waals surface area contributed by atoms with Crippen LogP contribution in [0.4, 0.5) is 0 Å². The molecule has 0 aromatic heterocycles. The predicted molar refractivity (Wildman–Crippen MR) is 130 cm³/mol. The maximum Gasteiger partial charge on any atom is 0.329 e. The lowest BCUT2D eigenvalue weighted by atomic mass is 9.88. The number of nitrogens with zero attached hydrogens (tertiary/aromatic N) is 1. The summed E-state index contributed by atoms with van der Waals surface area (Å²) in [5, 5.41) is 8.71. The summed E-state index contributed by atoms with van der Waals surface area (Å²) in [5.41, 5.74) is 1.38. The van der Waals surface area contributed by atoms with Gasteiger partial charge in [-0.2, -0.15) is 0 Å². The van der Waals surface area contributed by atoms with E-state index in [1.165, 1.54) is 6.21 Å². The van der Waals surface area contributed by atoms with Crippen molar-refractivity contribution in [3.63, 3.8) is 0 Å². The zero-order valence-electron chi connectivity index (χ0n) is 20.2. The van der Waals surface area contributed by atoms with E-state index < -0.39 is 39.0 Å². The van der Waals surface area contributed by atoms with Crippen LogP contribution in [-0.4, -0.2) is 61.8 Å². The molecular weight excluding hydrogens is 458 g/mol. The number of allylic oxidation sites excluding steroid dienone is 1. The fraction of sp³-hybridized carbons (Fsp3) is 0.600. The molecule has 9 heteroatoms. The fourth-order valence-corrected chi connectivity index (χ4v) is 6.25. The number of hydrogen-bond donors (Lipinski definition) is 1. The number of benzene rings is 1. The Morgan fingerprint density at radius 1 is 1.26 bits per heavy atom. The number of aliphatic carboxylic acids is 1. The van der Waals surface area contributed by atoms with E-state index in [4.69, 9.17) is 19.3 Å². The number of fused-ring (bicyclic) bond motifs is 1. The first-order valence-electron chi connectivity index (χ1n) is 11.8. The molecule has 2 aliphatic rings. The van der Waals surface area contributed by atoms with E-state index in [-0.39, 0.29) is 18.8 Å². The van der Waals surface area contributed by atoms with Crippen molar-refractivity contribution in [3.05, 3.63) is 41.5 Å². The highest BCUT2D eigenvalue weighted by atomic mass is 32.2. The van der Waals surface area contributed by atoms with E-state index in [0.29, 0.717) is 25.2 Å². The van der Waals surface area contributed by atoms with E-state index >= 15 is 0 Å². The van der Waals surface area contributed by atoms with Crippen molar-refractivity contribution in [2.24, 2.45) is 4.99 Å². The molecule has 1 aromatic rings. The van der Waals surface area contributed by atoms with Crippen LogP contribution in [-0.2, 0) is 30.5 Å². The third-order valence-electron chi connectivity index (χ3n) is 6.00. The summed E-state index contributed by atoms with van der Waals surface area (Å²) in [6.45, 7) is 6.36. The Hall–Kier alpha value is -2.23. The van der Waals surface area contributed by atoms with Crippen LogP contribution < -0.4 is 4.74 Å². The Kier molecular flexibility index (Phi) is 8.54. The third-order valence-corrected chi connectivity index (χ3v) is 8.27. The lowest BCUT2D eigenvalue weighted by Crippen LogP contribution is -2.42. The summed E-state index contributed by atoms with van der Waals surface area (Å²) >= 11 is 0. The van der Waals surface area contributed by atoms with Crippen molar-refractivity contribution in [3.8, 4) is 5.75 Å². The molecular formula is C25H35NO7S. The van der Waals surface area contributed by atoms with Gasteiger partial charge in [-0.25, -0.2) is 13.2 Å². The van der Waals surface area contributed by atoms with Crippen molar-refractivity contribution in [2.45, 2.75) is 69.5 Å². The summed E-state index contributed by atoms with van der Waals surface area (Å²) in [6, 6.07) is 5.84. The molecule has 1 N–H and O–H groups in total. The van der Waals surface area contributed by atoms with E-state index in [1.54, 1.807) is 12.2 Å². The molecule has 2 heterocycles. The van der Waals surface area contributed by atoms with Gasteiger partial charge in [0.25, 0.3) is 0 Å². The molecule has 2 unspecified atom stereocenters. The number of rotatable bonds is 13. The van der Waals surface area contributed by atoms with E-state index in [9.17, 15) is 13.2 Å². The normalized spacial score (nSPS) is 23.1. The quantitative estimate of drug-likeness (QED) is 0.415. The van der Waals surface area contributed by atoms with Crippen molar-refractivity contribution in [2.75, 3.05) is 25.6 Å². The van der Waals surface area contributed by atoms with Crippen LogP contribution in [0.15, 0.2) is 35.3 Å². The maximum absolute atomic E-state index is 13.7. The van der Waals surface area contributed by atoms with Crippen molar-refractivity contribution in [1.29, 1.82) is 0 Å². The lowest BCUT2D eigenvalue weighted by molar-refractivity contribution is -0.142. The molecule has 0 bridgehead atoms. The Morgan fingerprint density at radius 2 is 2.06 bits per heavy atom. The van der Waals surface area contributed by atoms with Gasteiger partial charge >= 0.3 is 5.97 Å². The van der Waals surface area contributed by atoms with Crippen LogP contribution in [0.2, 0.25) is 0 Å². The molecule has 3 rings (SSSR count). The second-order valence-corrected chi connectivity index (χ2v) is 11.7. The Labute approximate surface area is 201 Å². The number of unbranched alkanes of at least 4 members (excludes halogenated alkanes) is 1. The van der Waals surface area contributed by atoms with Crippen LogP contribution in [0.3, 0.4) is 0 Å². The first-order valence-corrected chi connectivity index (χ1v) is 13.4. The third kappa shape index (κ3) is 6.46. The van der Waals surface area contributed by atoms with Crippen molar-refractivity contribution < 1.29 is 32.5 Å². The molecule has 0 saturated carbocycles. The average Bonchev–Trinajstić information content (AvgIpc) is 3.24. The number of sulfone groups is 1. The van der Waals surface area contributed by atoms with Gasteiger partial charge in [0.15, 0.2) is 14.7 Å². The second kappa shape index (κ2) is 11.0. The van der Waals surface area contributed by atoms with Gasteiger partial charge in [-0.1, -0.05) is 19.4 Å². The summed E-state index contributed by atoms with van der Waals surface area (Å²) < 4.78 is 44.6. The Bertz CT molecular complexity index is 1020. The monoisotopic (exact) mass is 493 g/mol. The van der Waals surface area contributed by atoms with Crippen molar-refractivity contribution >= 4 is 22.0 Å². The fourth-order valence-electron chi connectivity index (χ4n) is 4.35. The number of carboxylic acid groups (broad SMARTS) is 1. The molecule has 2 atom stereocenters. The molecule has 0 aliphatic carbocycles. The molecule has 0 amide bonds. The van der Waals surface area contributed by atoms with Gasteiger partial charge in [-0.15, -0.1) is 0 Å². The summed E-state index contributed by atoms with van der Waals surface area (Å²) in [7, 11) is -3.77. The van der Waals surface area contributed by atoms with E-state index in [0.717, 1.165) is 24.0 Å². The van der Waals surface area contributed by atoms with E-state index in [2.05, 4.69) is 11.9 Å². The van der Waals surface area contributed by atoms with Gasteiger partial charge < -0.3 is 19.3 Å². The molecule has 0 saturated heterocycles. The standard InChI is InChI=1S/C25H35NO7S/c1-4-5-14-32-20-9-8-19-16-24(2,3)33-22(21(19)15-20)18-34(29,30)25(10-6-12-26-25)11-7-13-31-17-23(27)28/h6,8-10,12,15,22H,4-5,7,11,13-14,16-18H2,1-3H3,(H,27,28).